The summed E-state index contributed by atoms with van der Waals surface area (Å²) in [5.74, 6) is -0.426. The molecule has 1 heterocycles. The van der Waals surface area contributed by atoms with Gasteiger partial charge in [0, 0.05) is 11.3 Å². The zero-order valence-electron chi connectivity index (χ0n) is 19.0. The predicted octanol–water partition coefficient (Wildman–Crippen LogP) is 4.51. The van der Waals surface area contributed by atoms with E-state index in [1.165, 1.54) is 12.1 Å². The Kier molecular flexibility index (Phi) is 8.23. The Hall–Kier alpha value is -3.73. The number of aryl methyl sites for hydroxylation is 1. The molecule has 2 aromatic carbocycles. The summed E-state index contributed by atoms with van der Waals surface area (Å²) in [7, 11) is -3.64. The van der Waals surface area contributed by atoms with Crippen LogP contribution in [0.2, 0.25) is 0 Å². The zero-order valence-corrected chi connectivity index (χ0v) is 19.8. The molecule has 35 heavy (non-hydrogen) atoms. The molecule has 11 heteroatoms. The first-order chi connectivity index (χ1) is 16.6. The van der Waals surface area contributed by atoms with Crippen molar-refractivity contribution in [1.82, 2.24) is 4.72 Å². The summed E-state index contributed by atoms with van der Waals surface area (Å²) < 4.78 is 60.0. The molecule has 1 aromatic heterocycles. The zero-order chi connectivity index (χ0) is 25.6. The number of sulfonamides is 1. The molecule has 2 N–H and O–H groups in total. The monoisotopic (exact) mass is 506 g/mol. The highest BCUT2D eigenvalue weighted by molar-refractivity contribution is 7.90. The molecule has 0 aliphatic carbocycles. The predicted molar refractivity (Wildman–Crippen MR) is 126 cm³/mol. The standard InChI is InChI=1S/C24H24F2N2O6S/c1-3-12-35(31,32)28-22(29)13-16-4-8-18(9-5-16)27-23(30)20-14-21(33-15(20)2)17-6-10-19(11-7-17)34-24(25)26/h4-11,14,24H,3,12-13H2,1-2H3,(H,27,30)(H,28,29). The molecule has 0 atom stereocenters. The van der Waals surface area contributed by atoms with E-state index < -0.39 is 28.4 Å². The molecule has 0 radical (unpaired) electrons. The second kappa shape index (κ2) is 11.1. The lowest BCUT2D eigenvalue weighted by atomic mass is 10.1. The van der Waals surface area contributed by atoms with Crippen molar-refractivity contribution in [2.45, 2.75) is 33.3 Å². The van der Waals surface area contributed by atoms with Crippen molar-refractivity contribution >= 4 is 27.5 Å². The lowest BCUT2D eigenvalue weighted by molar-refractivity contribution is -0.118. The first-order valence-corrected chi connectivity index (χ1v) is 12.3. The van der Waals surface area contributed by atoms with Crippen LogP contribution in [0.1, 0.15) is 35.0 Å². The Morgan fingerprint density at radius 1 is 1.06 bits per heavy atom. The van der Waals surface area contributed by atoms with Crippen molar-refractivity contribution in [3.8, 4) is 17.1 Å². The van der Waals surface area contributed by atoms with Crippen LogP contribution in [0, 0.1) is 6.92 Å². The average Bonchev–Trinajstić information content (AvgIpc) is 3.16. The molecule has 186 valence electrons. The van der Waals surface area contributed by atoms with Crippen molar-refractivity contribution in [1.29, 1.82) is 0 Å². The summed E-state index contributed by atoms with van der Waals surface area (Å²) >= 11 is 0. The molecule has 0 saturated heterocycles. The quantitative estimate of drug-likeness (QED) is 0.418. The number of furan rings is 1. The number of carbonyl (C=O) groups excluding carboxylic acids is 2. The molecule has 0 aliphatic rings. The fourth-order valence-corrected chi connectivity index (χ4v) is 4.33. The number of benzene rings is 2. The molecule has 0 saturated carbocycles. The smallest absolute Gasteiger partial charge is 0.387 e. The summed E-state index contributed by atoms with van der Waals surface area (Å²) in [6, 6.07) is 13.8. The van der Waals surface area contributed by atoms with Gasteiger partial charge in [-0.1, -0.05) is 19.1 Å². The number of halogens is 2. The van der Waals surface area contributed by atoms with Gasteiger partial charge in [-0.15, -0.1) is 0 Å². The number of ether oxygens (including phenoxy) is 1. The van der Waals surface area contributed by atoms with E-state index in [2.05, 4.69) is 10.1 Å². The SMILES string of the molecule is CCCS(=O)(=O)NC(=O)Cc1ccc(NC(=O)c2cc(-c3ccc(OC(F)F)cc3)oc2C)cc1. The minimum absolute atomic E-state index is 0.00788. The maximum absolute atomic E-state index is 12.7. The molecular formula is C24H24F2N2O6S. The maximum Gasteiger partial charge on any atom is 0.387 e. The normalized spacial score (nSPS) is 11.3. The fourth-order valence-electron chi connectivity index (χ4n) is 3.27. The van der Waals surface area contributed by atoms with Gasteiger partial charge in [-0.3, -0.25) is 14.3 Å². The first-order valence-electron chi connectivity index (χ1n) is 10.7. The Morgan fingerprint density at radius 3 is 2.31 bits per heavy atom. The number of hydrogen-bond donors (Lipinski definition) is 2. The van der Waals surface area contributed by atoms with Gasteiger partial charge in [0.1, 0.15) is 17.3 Å². The lowest BCUT2D eigenvalue weighted by Gasteiger charge is -2.07. The van der Waals surface area contributed by atoms with Crippen molar-refractivity contribution in [2.75, 3.05) is 11.1 Å². The van der Waals surface area contributed by atoms with Gasteiger partial charge in [-0.2, -0.15) is 8.78 Å². The number of hydrogen-bond acceptors (Lipinski definition) is 6. The van der Waals surface area contributed by atoms with Gasteiger partial charge in [0.15, 0.2) is 0 Å². The van der Waals surface area contributed by atoms with E-state index in [1.807, 2.05) is 4.72 Å². The largest absolute Gasteiger partial charge is 0.461 e. The van der Waals surface area contributed by atoms with Crippen molar-refractivity contribution in [2.24, 2.45) is 0 Å². The molecule has 2 amide bonds. The summed E-state index contributed by atoms with van der Waals surface area (Å²) in [5.41, 5.74) is 1.91. The van der Waals surface area contributed by atoms with Gasteiger partial charge < -0.3 is 14.5 Å². The van der Waals surface area contributed by atoms with Gasteiger partial charge in [0.25, 0.3) is 5.91 Å². The minimum Gasteiger partial charge on any atom is -0.461 e. The third kappa shape index (κ3) is 7.38. The van der Waals surface area contributed by atoms with E-state index in [0.29, 0.717) is 34.8 Å². The summed E-state index contributed by atoms with van der Waals surface area (Å²) in [5, 5.41) is 2.73. The van der Waals surface area contributed by atoms with E-state index in [0.717, 1.165) is 0 Å². The Bertz CT molecular complexity index is 1290. The van der Waals surface area contributed by atoms with Crippen LogP contribution < -0.4 is 14.8 Å². The van der Waals surface area contributed by atoms with Crippen LogP contribution >= 0.6 is 0 Å². The van der Waals surface area contributed by atoms with Crippen LogP contribution in [0.4, 0.5) is 14.5 Å². The van der Waals surface area contributed by atoms with E-state index >= 15 is 0 Å². The Balaban J connectivity index is 1.63. The van der Waals surface area contributed by atoms with Crippen LogP contribution in [0.3, 0.4) is 0 Å². The van der Waals surface area contributed by atoms with Crippen molar-refractivity contribution in [3.63, 3.8) is 0 Å². The van der Waals surface area contributed by atoms with Gasteiger partial charge in [0.05, 0.1) is 17.7 Å². The molecule has 0 aliphatic heterocycles. The number of carbonyl (C=O) groups is 2. The highest BCUT2D eigenvalue weighted by atomic mass is 32.2. The van der Waals surface area contributed by atoms with E-state index in [-0.39, 0.29) is 23.5 Å². The summed E-state index contributed by atoms with van der Waals surface area (Å²) in [6.07, 6.45) is 0.277. The van der Waals surface area contributed by atoms with Gasteiger partial charge in [-0.05, 0) is 61.4 Å². The van der Waals surface area contributed by atoms with Gasteiger partial charge >= 0.3 is 6.61 Å². The number of nitrogens with one attached hydrogen (secondary N) is 2. The van der Waals surface area contributed by atoms with E-state index in [9.17, 15) is 26.8 Å². The average molecular weight is 507 g/mol. The minimum atomic E-state index is -3.64. The first kappa shape index (κ1) is 25.9. The Morgan fingerprint density at radius 2 is 1.71 bits per heavy atom. The Labute approximate surface area is 201 Å². The van der Waals surface area contributed by atoms with Crippen LogP contribution in [0.5, 0.6) is 5.75 Å². The van der Waals surface area contributed by atoms with Crippen LogP contribution in [-0.4, -0.2) is 32.6 Å². The lowest BCUT2D eigenvalue weighted by Crippen LogP contribution is -2.33. The molecule has 3 rings (SSSR count). The van der Waals surface area contributed by atoms with Gasteiger partial charge in [-0.25, -0.2) is 8.42 Å². The second-order valence-electron chi connectivity index (χ2n) is 7.66. The topological polar surface area (TPSA) is 115 Å². The fraction of sp³-hybridized carbons (Fsp3) is 0.250. The molecule has 8 nitrogen and oxygen atoms in total. The number of amides is 2. The molecule has 0 fully saturated rings. The van der Waals surface area contributed by atoms with Crippen molar-refractivity contribution in [3.05, 3.63) is 71.5 Å². The van der Waals surface area contributed by atoms with Crippen LogP contribution in [-0.2, 0) is 21.2 Å². The third-order valence-corrected chi connectivity index (χ3v) is 6.33. The number of rotatable bonds is 10. The number of alkyl halides is 2. The van der Waals surface area contributed by atoms with Crippen molar-refractivity contribution < 1.29 is 35.9 Å². The van der Waals surface area contributed by atoms with Crippen LogP contribution in [0.15, 0.2) is 59.0 Å². The molecule has 0 spiro atoms. The number of anilines is 1. The van der Waals surface area contributed by atoms with E-state index in [4.69, 9.17) is 4.42 Å². The van der Waals surface area contributed by atoms with E-state index in [1.54, 1.807) is 56.3 Å². The van der Waals surface area contributed by atoms with Crippen LogP contribution in [0.25, 0.3) is 11.3 Å². The molecule has 0 unspecified atom stereocenters. The highest BCUT2D eigenvalue weighted by Gasteiger charge is 2.17. The highest BCUT2D eigenvalue weighted by Crippen LogP contribution is 2.28. The van der Waals surface area contributed by atoms with Gasteiger partial charge in [0.2, 0.25) is 15.9 Å². The molecule has 0 bridgehead atoms. The molecular weight excluding hydrogens is 482 g/mol. The summed E-state index contributed by atoms with van der Waals surface area (Å²) in [4.78, 5) is 24.7. The summed E-state index contributed by atoms with van der Waals surface area (Å²) in [6.45, 7) is 0.407. The second-order valence-corrected chi connectivity index (χ2v) is 9.50. The molecule has 3 aromatic rings. The third-order valence-electron chi connectivity index (χ3n) is 4.85. The maximum atomic E-state index is 12.7.